The highest BCUT2D eigenvalue weighted by Gasteiger charge is 2.39. The number of unbranched alkanes of at least 4 members (excludes halogenated alkanes) is 12. The predicted octanol–water partition coefficient (Wildman–Crippen LogP) is 5.24. The standard InChI is InChI=1S/C27H45NO3/c29-24-16-11-9-7-5-3-1-2-4-6-8-10-15-19-26(30)31-27(20-22-28-23-21-27)25-17-13-12-14-18-25/h12-14,17-18,28-29H,1-11,15-16,19-24H2/p+1. The largest absolute Gasteiger partial charge is 0.454 e. The van der Waals surface area contributed by atoms with E-state index in [0.717, 1.165) is 50.8 Å². The lowest BCUT2D eigenvalue weighted by atomic mass is 9.84. The normalized spacial score (nSPS) is 15.6. The zero-order chi connectivity index (χ0) is 22.0. The van der Waals surface area contributed by atoms with E-state index < -0.39 is 5.60 Å². The molecule has 0 unspecified atom stereocenters. The topological polar surface area (TPSA) is 63.1 Å². The van der Waals surface area contributed by atoms with Crippen molar-refractivity contribution in [1.82, 2.24) is 0 Å². The van der Waals surface area contributed by atoms with E-state index in [1.807, 2.05) is 18.2 Å². The van der Waals surface area contributed by atoms with Crippen LogP contribution in [-0.2, 0) is 15.1 Å². The molecule has 0 spiro atoms. The molecule has 0 saturated carbocycles. The van der Waals surface area contributed by atoms with E-state index in [1.165, 1.54) is 64.2 Å². The Morgan fingerprint density at radius 3 is 1.77 bits per heavy atom. The first-order valence-corrected chi connectivity index (χ1v) is 13.0. The molecule has 4 nitrogen and oxygen atoms in total. The number of hydrogen-bond acceptors (Lipinski definition) is 3. The first-order valence-electron chi connectivity index (χ1n) is 13.0. The average molecular weight is 433 g/mol. The quantitative estimate of drug-likeness (QED) is 0.261. The summed E-state index contributed by atoms with van der Waals surface area (Å²) in [7, 11) is 0. The number of quaternary nitrogens is 1. The van der Waals surface area contributed by atoms with E-state index in [4.69, 9.17) is 9.84 Å². The van der Waals surface area contributed by atoms with Gasteiger partial charge in [-0.15, -0.1) is 0 Å². The fourth-order valence-corrected chi connectivity index (χ4v) is 4.73. The Labute approximate surface area is 190 Å². The maximum Gasteiger partial charge on any atom is 0.306 e. The summed E-state index contributed by atoms with van der Waals surface area (Å²) in [5.41, 5.74) is 0.743. The molecular weight excluding hydrogens is 386 g/mol. The summed E-state index contributed by atoms with van der Waals surface area (Å²) in [6.45, 7) is 2.38. The number of aliphatic hydroxyl groups is 1. The number of hydrogen-bond donors (Lipinski definition) is 2. The molecule has 1 fully saturated rings. The molecule has 1 aromatic rings. The molecule has 1 aliphatic heterocycles. The van der Waals surface area contributed by atoms with E-state index in [-0.39, 0.29) is 5.97 Å². The van der Waals surface area contributed by atoms with E-state index in [9.17, 15) is 4.79 Å². The number of carbonyl (C=O) groups is 1. The molecule has 1 heterocycles. The SMILES string of the molecule is O=C(CCCCCCCCCCCCCCCO)OC1(c2ccccc2)CC[NH2+]CC1. The molecule has 1 saturated heterocycles. The third-order valence-corrected chi connectivity index (χ3v) is 6.65. The molecule has 0 aliphatic carbocycles. The van der Waals surface area contributed by atoms with E-state index >= 15 is 0 Å². The van der Waals surface area contributed by atoms with Crippen LogP contribution < -0.4 is 5.32 Å². The molecular formula is C27H46NO3+. The van der Waals surface area contributed by atoms with Crippen LogP contribution in [0.5, 0.6) is 0 Å². The van der Waals surface area contributed by atoms with Crippen molar-refractivity contribution in [3.05, 3.63) is 35.9 Å². The van der Waals surface area contributed by atoms with Crippen LogP contribution in [0, 0.1) is 0 Å². The number of rotatable bonds is 17. The maximum atomic E-state index is 12.6. The van der Waals surface area contributed by atoms with Gasteiger partial charge < -0.3 is 15.2 Å². The van der Waals surface area contributed by atoms with Crippen LogP contribution in [0.4, 0.5) is 0 Å². The van der Waals surface area contributed by atoms with E-state index in [0.29, 0.717) is 13.0 Å². The average Bonchev–Trinajstić information content (AvgIpc) is 2.80. The summed E-state index contributed by atoms with van der Waals surface area (Å²) >= 11 is 0. The molecule has 0 bridgehead atoms. The number of ether oxygens (including phenoxy) is 1. The van der Waals surface area contributed by atoms with E-state index in [2.05, 4.69) is 17.4 Å². The molecule has 176 valence electrons. The lowest BCUT2D eigenvalue weighted by molar-refractivity contribution is -0.668. The molecule has 0 atom stereocenters. The minimum Gasteiger partial charge on any atom is -0.454 e. The van der Waals surface area contributed by atoms with Gasteiger partial charge in [0, 0.05) is 25.9 Å². The van der Waals surface area contributed by atoms with Crippen molar-refractivity contribution in [3.63, 3.8) is 0 Å². The Kier molecular flexibility index (Phi) is 13.6. The lowest BCUT2D eigenvalue weighted by Gasteiger charge is -2.36. The highest BCUT2D eigenvalue weighted by atomic mass is 16.6. The van der Waals surface area contributed by atoms with Crippen LogP contribution in [0.1, 0.15) is 108 Å². The first-order chi connectivity index (χ1) is 15.3. The van der Waals surface area contributed by atoms with Crippen LogP contribution in [0.15, 0.2) is 30.3 Å². The van der Waals surface area contributed by atoms with E-state index in [1.54, 1.807) is 0 Å². The Morgan fingerprint density at radius 1 is 0.774 bits per heavy atom. The monoisotopic (exact) mass is 432 g/mol. The van der Waals surface area contributed by atoms with Crippen molar-refractivity contribution >= 4 is 5.97 Å². The van der Waals surface area contributed by atoms with Crippen LogP contribution in [0.3, 0.4) is 0 Å². The lowest BCUT2D eigenvalue weighted by Crippen LogP contribution is -2.87. The third kappa shape index (κ3) is 10.7. The van der Waals surface area contributed by atoms with Gasteiger partial charge in [0.2, 0.25) is 0 Å². The van der Waals surface area contributed by atoms with Gasteiger partial charge in [-0.3, -0.25) is 4.79 Å². The second-order valence-electron chi connectivity index (χ2n) is 9.27. The van der Waals surface area contributed by atoms with Gasteiger partial charge in [-0.05, 0) is 18.4 Å². The molecule has 2 rings (SSSR count). The fraction of sp³-hybridized carbons (Fsp3) is 0.741. The Balaban J connectivity index is 1.49. The van der Waals surface area contributed by atoms with Gasteiger partial charge in [0.05, 0.1) is 13.1 Å². The number of esters is 1. The summed E-state index contributed by atoms with van der Waals surface area (Å²) < 4.78 is 6.11. The van der Waals surface area contributed by atoms with Gasteiger partial charge in [-0.1, -0.05) is 101 Å². The predicted molar refractivity (Wildman–Crippen MR) is 127 cm³/mol. The number of piperidine rings is 1. The van der Waals surface area contributed by atoms with Crippen molar-refractivity contribution in [2.24, 2.45) is 0 Å². The molecule has 0 aromatic heterocycles. The summed E-state index contributed by atoms with van der Waals surface area (Å²) in [4.78, 5) is 12.6. The number of aliphatic hydroxyl groups excluding tert-OH is 1. The zero-order valence-electron chi connectivity index (χ0n) is 19.7. The van der Waals surface area contributed by atoms with Gasteiger partial charge >= 0.3 is 5.97 Å². The van der Waals surface area contributed by atoms with Crippen LogP contribution in [0.25, 0.3) is 0 Å². The fourth-order valence-electron chi connectivity index (χ4n) is 4.73. The third-order valence-electron chi connectivity index (χ3n) is 6.65. The van der Waals surface area contributed by atoms with Crippen LogP contribution >= 0.6 is 0 Å². The van der Waals surface area contributed by atoms with Crippen molar-refractivity contribution in [2.75, 3.05) is 19.7 Å². The van der Waals surface area contributed by atoms with Crippen molar-refractivity contribution in [2.45, 2.75) is 108 Å². The molecule has 0 amide bonds. The maximum absolute atomic E-state index is 12.6. The summed E-state index contributed by atoms with van der Waals surface area (Å²) in [6.07, 6.45) is 18.4. The van der Waals surface area contributed by atoms with Crippen LogP contribution in [0.2, 0.25) is 0 Å². The molecule has 1 aliphatic rings. The zero-order valence-corrected chi connectivity index (χ0v) is 19.7. The number of carbonyl (C=O) groups excluding carboxylic acids is 1. The number of nitrogens with two attached hydrogens (primary N) is 1. The molecule has 1 aromatic carbocycles. The molecule has 0 radical (unpaired) electrons. The van der Waals surface area contributed by atoms with Gasteiger partial charge in [0.15, 0.2) is 0 Å². The van der Waals surface area contributed by atoms with Gasteiger partial charge in [-0.25, -0.2) is 0 Å². The first kappa shape index (κ1) is 25.9. The second kappa shape index (κ2) is 16.3. The van der Waals surface area contributed by atoms with Crippen LogP contribution in [-0.4, -0.2) is 30.8 Å². The summed E-state index contributed by atoms with van der Waals surface area (Å²) in [6, 6.07) is 10.3. The van der Waals surface area contributed by atoms with Gasteiger partial charge in [0.25, 0.3) is 0 Å². The minimum atomic E-state index is -0.411. The smallest absolute Gasteiger partial charge is 0.306 e. The van der Waals surface area contributed by atoms with Crippen molar-refractivity contribution < 1.29 is 20.0 Å². The minimum absolute atomic E-state index is 0.0234. The molecule has 31 heavy (non-hydrogen) atoms. The summed E-state index contributed by atoms with van der Waals surface area (Å²) in [5, 5.41) is 11.1. The number of benzene rings is 1. The molecule has 3 N–H and O–H groups in total. The Hall–Kier alpha value is -1.39. The Morgan fingerprint density at radius 2 is 1.26 bits per heavy atom. The highest BCUT2D eigenvalue weighted by molar-refractivity contribution is 5.70. The van der Waals surface area contributed by atoms with Crippen molar-refractivity contribution in [1.29, 1.82) is 0 Å². The van der Waals surface area contributed by atoms with Gasteiger partial charge in [-0.2, -0.15) is 0 Å². The highest BCUT2D eigenvalue weighted by Crippen LogP contribution is 2.34. The molecule has 4 heteroatoms. The van der Waals surface area contributed by atoms with Crippen molar-refractivity contribution in [3.8, 4) is 0 Å². The Bertz CT molecular complexity index is 569. The second-order valence-corrected chi connectivity index (χ2v) is 9.27. The van der Waals surface area contributed by atoms with Gasteiger partial charge in [0.1, 0.15) is 5.60 Å². The summed E-state index contributed by atoms with van der Waals surface area (Å²) in [5.74, 6) is -0.0234.